The van der Waals surface area contributed by atoms with Gasteiger partial charge in [-0.05, 0) is 55.2 Å². The average Bonchev–Trinajstić information content (AvgIpc) is 3.33. The summed E-state index contributed by atoms with van der Waals surface area (Å²) in [6, 6.07) is 11.9. The van der Waals surface area contributed by atoms with Crippen LogP contribution in [0.15, 0.2) is 51.6 Å². The van der Waals surface area contributed by atoms with E-state index in [0.717, 1.165) is 53.1 Å². The van der Waals surface area contributed by atoms with Crippen molar-refractivity contribution in [3.8, 4) is 5.75 Å². The molecule has 0 aliphatic heterocycles. The molecule has 168 valence electrons. The van der Waals surface area contributed by atoms with E-state index in [-0.39, 0.29) is 17.3 Å². The largest absolute Gasteiger partial charge is 0.496 e. The fraction of sp³-hybridized carbons (Fsp3) is 0.375. The fourth-order valence-corrected chi connectivity index (χ4v) is 5.62. The van der Waals surface area contributed by atoms with Crippen LogP contribution in [0, 0.1) is 0 Å². The molecule has 0 saturated carbocycles. The SMILES string of the molecule is COc1ccccc1CCNC(=O)CSc1nc(=O)n(Cc2cccs2)c2c1CCCC2. The van der Waals surface area contributed by atoms with E-state index in [1.807, 2.05) is 46.3 Å². The molecule has 0 unspecified atom stereocenters. The molecule has 0 radical (unpaired) electrons. The average molecular weight is 470 g/mol. The molecule has 1 aromatic carbocycles. The van der Waals surface area contributed by atoms with Crippen LogP contribution in [0.25, 0.3) is 0 Å². The summed E-state index contributed by atoms with van der Waals surface area (Å²) < 4.78 is 7.18. The lowest BCUT2D eigenvalue weighted by Gasteiger charge is -2.22. The van der Waals surface area contributed by atoms with Gasteiger partial charge in [0.2, 0.25) is 5.91 Å². The Hall–Kier alpha value is -2.58. The van der Waals surface area contributed by atoms with Gasteiger partial charge >= 0.3 is 5.69 Å². The Labute approximate surface area is 196 Å². The summed E-state index contributed by atoms with van der Waals surface area (Å²) in [4.78, 5) is 30.7. The molecule has 0 fully saturated rings. The lowest BCUT2D eigenvalue weighted by molar-refractivity contribution is -0.118. The van der Waals surface area contributed by atoms with E-state index >= 15 is 0 Å². The van der Waals surface area contributed by atoms with Crippen molar-refractivity contribution in [1.82, 2.24) is 14.9 Å². The minimum absolute atomic E-state index is 0.0565. The number of methoxy groups -OCH3 is 1. The molecular weight excluding hydrogens is 442 g/mol. The highest BCUT2D eigenvalue weighted by Crippen LogP contribution is 2.29. The fourth-order valence-electron chi connectivity index (χ4n) is 4.02. The van der Waals surface area contributed by atoms with Gasteiger partial charge in [-0.15, -0.1) is 11.3 Å². The summed E-state index contributed by atoms with van der Waals surface area (Å²) in [5.74, 6) is 1.02. The number of hydrogen-bond acceptors (Lipinski definition) is 6. The monoisotopic (exact) mass is 469 g/mol. The van der Waals surface area contributed by atoms with Gasteiger partial charge in [-0.3, -0.25) is 9.36 Å². The second kappa shape index (κ2) is 10.8. The van der Waals surface area contributed by atoms with Crippen LogP contribution in [0.4, 0.5) is 0 Å². The Morgan fingerprint density at radius 1 is 1.22 bits per heavy atom. The van der Waals surface area contributed by atoms with Crippen LogP contribution in [-0.4, -0.2) is 34.9 Å². The highest BCUT2D eigenvalue weighted by atomic mass is 32.2. The van der Waals surface area contributed by atoms with Crippen molar-refractivity contribution in [3.05, 3.63) is 74.0 Å². The minimum Gasteiger partial charge on any atom is -0.496 e. The number of aromatic nitrogens is 2. The number of fused-ring (bicyclic) bond motifs is 1. The number of amides is 1. The van der Waals surface area contributed by atoms with E-state index in [4.69, 9.17) is 4.74 Å². The first-order valence-electron chi connectivity index (χ1n) is 10.8. The molecule has 0 spiro atoms. The molecule has 1 N–H and O–H groups in total. The van der Waals surface area contributed by atoms with Gasteiger partial charge in [-0.25, -0.2) is 4.79 Å². The van der Waals surface area contributed by atoms with Crippen LogP contribution < -0.4 is 15.7 Å². The van der Waals surface area contributed by atoms with E-state index in [1.54, 1.807) is 18.4 Å². The van der Waals surface area contributed by atoms with Gasteiger partial charge in [-0.2, -0.15) is 4.98 Å². The van der Waals surface area contributed by atoms with E-state index in [2.05, 4.69) is 10.3 Å². The van der Waals surface area contributed by atoms with Crippen molar-refractivity contribution in [2.24, 2.45) is 0 Å². The standard InChI is InChI=1S/C24H27N3O3S2/c1-30-21-11-5-2-7-17(21)12-13-25-22(28)16-32-23-19-9-3-4-10-20(19)27(24(29)26-23)15-18-8-6-14-31-18/h2,5-8,11,14H,3-4,9-10,12-13,15-16H2,1H3,(H,25,28). The van der Waals surface area contributed by atoms with Crippen LogP contribution in [0.5, 0.6) is 5.75 Å². The van der Waals surface area contributed by atoms with Gasteiger partial charge in [0.1, 0.15) is 10.8 Å². The lowest BCUT2D eigenvalue weighted by Crippen LogP contribution is -2.31. The van der Waals surface area contributed by atoms with Crippen LogP contribution >= 0.6 is 23.1 Å². The number of para-hydroxylation sites is 1. The molecule has 8 heteroatoms. The summed E-state index contributed by atoms with van der Waals surface area (Å²) in [6.07, 6.45) is 4.66. The number of thiophene rings is 1. The molecule has 1 aliphatic carbocycles. The van der Waals surface area contributed by atoms with Gasteiger partial charge in [0, 0.05) is 22.7 Å². The lowest BCUT2D eigenvalue weighted by atomic mass is 9.97. The van der Waals surface area contributed by atoms with Gasteiger partial charge in [-0.1, -0.05) is 36.0 Å². The molecule has 4 rings (SSSR count). The maximum Gasteiger partial charge on any atom is 0.349 e. The molecular formula is C24H27N3O3S2. The number of hydrogen-bond donors (Lipinski definition) is 1. The van der Waals surface area contributed by atoms with Crippen molar-refractivity contribution >= 4 is 29.0 Å². The third-order valence-corrected chi connectivity index (χ3v) is 7.47. The Balaban J connectivity index is 1.39. The molecule has 3 aromatic rings. The van der Waals surface area contributed by atoms with E-state index in [9.17, 15) is 9.59 Å². The van der Waals surface area contributed by atoms with Gasteiger partial charge in [0.15, 0.2) is 0 Å². The number of carbonyl (C=O) groups is 1. The van der Waals surface area contributed by atoms with Crippen molar-refractivity contribution in [1.29, 1.82) is 0 Å². The highest BCUT2D eigenvalue weighted by molar-refractivity contribution is 7.99. The predicted molar refractivity (Wildman–Crippen MR) is 129 cm³/mol. The normalized spacial score (nSPS) is 12.9. The molecule has 0 saturated heterocycles. The summed E-state index contributed by atoms with van der Waals surface area (Å²) in [5.41, 5.74) is 3.06. The molecule has 1 amide bonds. The maximum absolute atomic E-state index is 12.8. The topological polar surface area (TPSA) is 73.2 Å². The van der Waals surface area contributed by atoms with Crippen LogP contribution in [-0.2, 0) is 30.6 Å². The number of carbonyl (C=O) groups excluding carboxylic acids is 1. The molecule has 0 bridgehead atoms. The molecule has 2 aromatic heterocycles. The van der Waals surface area contributed by atoms with E-state index in [0.29, 0.717) is 24.5 Å². The Morgan fingerprint density at radius 2 is 2.06 bits per heavy atom. The Kier molecular flexibility index (Phi) is 7.65. The third-order valence-electron chi connectivity index (χ3n) is 5.59. The molecule has 1 aliphatic rings. The number of thioether (sulfide) groups is 1. The Morgan fingerprint density at radius 3 is 2.88 bits per heavy atom. The summed E-state index contributed by atoms with van der Waals surface area (Å²) in [6.45, 7) is 1.11. The Bertz CT molecular complexity index is 1130. The van der Waals surface area contributed by atoms with Crippen molar-refractivity contribution in [2.45, 2.75) is 43.7 Å². The first kappa shape index (κ1) is 22.6. The number of ether oxygens (including phenoxy) is 1. The summed E-state index contributed by atoms with van der Waals surface area (Å²) >= 11 is 3.02. The number of nitrogens with zero attached hydrogens (tertiary/aromatic N) is 2. The number of benzene rings is 1. The second-order valence-electron chi connectivity index (χ2n) is 7.70. The van der Waals surface area contributed by atoms with Crippen LogP contribution in [0.2, 0.25) is 0 Å². The van der Waals surface area contributed by atoms with E-state index in [1.165, 1.54) is 11.8 Å². The molecule has 32 heavy (non-hydrogen) atoms. The van der Waals surface area contributed by atoms with E-state index < -0.39 is 0 Å². The van der Waals surface area contributed by atoms with Gasteiger partial charge in [0.25, 0.3) is 0 Å². The summed E-state index contributed by atoms with van der Waals surface area (Å²) in [7, 11) is 1.65. The second-order valence-corrected chi connectivity index (χ2v) is 9.69. The smallest absolute Gasteiger partial charge is 0.349 e. The zero-order valence-corrected chi connectivity index (χ0v) is 19.8. The zero-order valence-electron chi connectivity index (χ0n) is 18.1. The summed E-state index contributed by atoms with van der Waals surface area (Å²) in [5, 5.41) is 5.70. The van der Waals surface area contributed by atoms with Gasteiger partial charge in [0.05, 0.1) is 19.4 Å². The van der Waals surface area contributed by atoms with Gasteiger partial charge < -0.3 is 10.1 Å². The van der Waals surface area contributed by atoms with Crippen molar-refractivity contribution < 1.29 is 9.53 Å². The van der Waals surface area contributed by atoms with Crippen LogP contribution in [0.3, 0.4) is 0 Å². The number of rotatable bonds is 9. The van der Waals surface area contributed by atoms with Crippen molar-refractivity contribution in [3.63, 3.8) is 0 Å². The first-order chi connectivity index (χ1) is 15.7. The molecule has 6 nitrogen and oxygen atoms in total. The highest BCUT2D eigenvalue weighted by Gasteiger charge is 2.21. The van der Waals surface area contributed by atoms with Crippen LogP contribution in [0.1, 0.15) is 34.5 Å². The predicted octanol–water partition coefficient (Wildman–Crippen LogP) is 3.69. The first-order valence-corrected chi connectivity index (χ1v) is 12.7. The number of nitrogens with one attached hydrogen (secondary N) is 1. The maximum atomic E-state index is 12.8. The quantitative estimate of drug-likeness (QED) is 0.382. The zero-order chi connectivity index (χ0) is 22.3. The molecule has 0 atom stereocenters. The minimum atomic E-state index is -0.224. The molecule has 2 heterocycles. The van der Waals surface area contributed by atoms with Crippen molar-refractivity contribution in [2.75, 3.05) is 19.4 Å². The third kappa shape index (κ3) is 5.42.